The number of carbonyl (C=O) groups is 1. The lowest BCUT2D eigenvalue weighted by Gasteiger charge is -2.34. The molecule has 1 aromatic heterocycles. The second kappa shape index (κ2) is 8.99. The van der Waals surface area contributed by atoms with E-state index in [4.69, 9.17) is 13.9 Å². The molecule has 0 N–H and O–H groups in total. The summed E-state index contributed by atoms with van der Waals surface area (Å²) < 4.78 is 17.4. The molecular formula is C29H29NO4. The monoisotopic (exact) mass is 455 g/mol. The third-order valence-electron chi connectivity index (χ3n) is 6.47. The van der Waals surface area contributed by atoms with Crippen molar-refractivity contribution in [2.75, 3.05) is 20.2 Å². The SMILES string of the molecule is COc1cc2occ(-c3cccc4ccccc34)c2cc1/C(C)=C/C(=O)N1CC(C)OC(C)C1. The van der Waals surface area contributed by atoms with Crippen molar-refractivity contribution in [2.45, 2.75) is 33.0 Å². The highest BCUT2D eigenvalue weighted by molar-refractivity contribution is 6.06. The number of nitrogens with zero attached hydrogens (tertiary/aromatic N) is 1. The summed E-state index contributed by atoms with van der Waals surface area (Å²) in [4.78, 5) is 14.9. The highest BCUT2D eigenvalue weighted by Crippen LogP contribution is 2.39. The van der Waals surface area contributed by atoms with Gasteiger partial charge in [0.1, 0.15) is 11.3 Å². The summed E-state index contributed by atoms with van der Waals surface area (Å²) in [6.07, 6.45) is 3.56. The van der Waals surface area contributed by atoms with Gasteiger partial charge in [0.25, 0.3) is 0 Å². The Morgan fingerprint density at radius 1 is 1.00 bits per heavy atom. The Bertz CT molecular complexity index is 1380. The van der Waals surface area contributed by atoms with E-state index in [1.165, 1.54) is 10.8 Å². The normalized spacial score (nSPS) is 19.1. The quantitative estimate of drug-likeness (QED) is 0.339. The second-order valence-electron chi connectivity index (χ2n) is 9.05. The fourth-order valence-corrected chi connectivity index (χ4v) is 4.91. The van der Waals surface area contributed by atoms with Crippen LogP contribution in [0.25, 0.3) is 38.4 Å². The van der Waals surface area contributed by atoms with Crippen molar-refractivity contribution in [1.29, 1.82) is 0 Å². The molecule has 1 amide bonds. The van der Waals surface area contributed by atoms with Gasteiger partial charge in [0.2, 0.25) is 5.91 Å². The molecule has 5 heteroatoms. The minimum Gasteiger partial charge on any atom is -0.496 e. The van der Waals surface area contributed by atoms with Crippen LogP contribution in [-0.4, -0.2) is 43.2 Å². The van der Waals surface area contributed by atoms with Crippen LogP contribution in [0.1, 0.15) is 26.3 Å². The number of amides is 1. The number of carbonyl (C=O) groups excluding carboxylic acids is 1. The summed E-state index contributed by atoms with van der Waals surface area (Å²) in [5.41, 5.74) is 4.60. The molecule has 4 aromatic rings. The predicted molar refractivity (Wildman–Crippen MR) is 136 cm³/mol. The minimum absolute atomic E-state index is 0.0110. The van der Waals surface area contributed by atoms with Crippen LogP contribution in [0, 0.1) is 0 Å². The maximum atomic E-state index is 13.1. The van der Waals surface area contributed by atoms with Crippen LogP contribution >= 0.6 is 0 Å². The van der Waals surface area contributed by atoms with E-state index in [0.29, 0.717) is 18.8 Å². The van der Waals surface area contributed by atoms with E-state index in [1.807, 2.05) is 37.8 Å². The van der Waals surface area contributed by atoms with Crippen molar-refractivity contribution >= 4 is 33.2 Å². The molecule has 34 heavy (non-hydrogen) atoms. The molecule has 2 atom stereocenters. The Morgan fingerprint density at radius 3 is 2.50 bits per heavy atom. The van der Waals surface area contributed by atoms with E-state index in [1.54, 1.807) is 19.4 Å². The number of methoxy groups -OCH3 is 1. The van der Waals surface area contributed by atoms with Crippen molar-refractivity contribution in [1.82, 2.24) is 4.90 Å². The van der Waals surface area contributed by atoms with Gasteiger partial charge in [-0.2, -0.15) is 0 Å². The number of hydrogen-bond donors (Lipinski definition) is 0. The molecule has 0 aliphatic carbocycles. The van der Waals surface area contributed by atoms with E-state index < -0.39 is 0 Å². The summed E-state index contributed by atoms with van der Waals surface area (Å²) in [6.45, 7) is 7.13. The Balaban J connectivity index is 1.57. The van der Waals surface area contributed by atoms with Crippen molar-refractivity contribution in [3.8, 4) is 16.9 Å². The number of benzene rings is 3. The third kappa shape index (κ3) is 4.08. The molecule has 0 spiro atoms. The maximum absolute atomic E-state index is 13.1. The predicted octanol–water partition coefficient (Wildman–Crippen LogP) is 6.30. The third-order valence-corrected chi connectivity index (χ3v) is 6.47. The van der Waals surface area contributed by atoms with Gasteiger partial charge < -0.3 is 18.8 Å². The highest BCUT2D eigenvalue weighted by atomic mass is 16.5. The molecule has 3 aromatic carbocycles. The Hall–Kier alpha value is -3.57. The van der Waals surface area contributed by atoms with Gasteiger partial charge in [0, 0.05) is 41.7 Å². The lowest BCUT2D eigenvalue weighted by molar-refractivity contribution is -0.137. The van der Waals surface area contributed by atoms with Crippen LogP contribution in [0.2, 0.25) is 0 Å². The molecule has 174 valence electrons. The summed E-state index contributed by atoms with van der Waals surface area (Å²) in [7, 11) is 1.64. The van der Waals surface area contributed by atoms with Gasteiger partial charge in [0.05, 0.1) is 25.6 Å². The molecule has 5 nitrogen and oxygen atoms in total. The Kier molecular flexibility index (Phi) is 5.88. The topological polar surface area (TPSA) is 51.9 Å². The first-order valence-electron chi connectivity index (χ1n) is 11.6. The number of ether oxygens (including phenoxy) is 2. The zero-order chi connectivity index (χ0) is 23.8. The van der Waals surface area contributed by atoms with Gasteiger partial charge in [0.15, 0.2) is 0 Å². The van der Waals surface area contributed by atoms with Crippen LogP contribution in [0.5, 0.6) is 5.75 Å². The maximum Gasteiger partial charge on any atom is 0.247 e. The number of rotatable bonds is 4. The molecule has 1 saturated heterocycles. The van der Waals surface area contributed by atoms with Crippen molar-refractivity contribution in [2.24, 2.45) is 0 Å². The van der Waals surface area contributed by atoms with Gasteiger partial charge >= 0.3 is 0 Å². The fraction of sp³-hybridized carbons (Fsp3) is 0.276. The average molecular weight is 456 g/mol. The summed E-state index contributed by atoms with van der Waals surface area (Å²) in [5.74, 6) is 0.666. The van der Waals surface area contributed by atoms with Crippen LogP contribution in [0.4, 0.5) is 0 Å². The first-order chi connectivity index (χ1) is 16.4. The summed E-state index contributed by atoms with van der Waals surface area (Å²) in [6, 6.07) is 18.6. The standard InChI is InChI=1S/C29H29NO4/c1-18(12-29(31)30-15-19(2)34-20(3)16-30)24-13-25-26(17-33-28(25)14-27(24)32-4)23-11-7-9-21-8-5-6-10-22(21)23/h5-14,17,19-20H,15-16H2,1-4H3/b18-12+. The van der Waals surface area contributed by atoms with Crippen LogP contribution < -0.4 is 4.74 Å². The molecule has 2 heterocycles. The van der Waals surface area contributed by atoms with E-state index in [2.05, 4.69) is 42.5 Å². The number of hydrogen-bond acceptors (Lipinski definition) is 4. The lowest BCUT2D eigenvalue weighted by Crippen LogP contribution is -2.47. The number of fused-ring (bicyclic) bond motifs is 2. The van der Waals surface area contributed by atoms with Crippen molar-refractivity contribution in [3.63, 3.8) is 0 Å². The minimum atomic E-state index is -0.0110. The van der Waals surface area contributed by atoms with E-state index in [9.17, 15) is 4.79 Å². The molecule has 2 unspecified atom stereocenters. The molecule has 5 rings (SSSR count). The first-order valence-corrected chi connectivity index (χ1v) is 11.6. The molecule has 1 aliphatic rings. The van der Waals surface area contributed by atoms with E-state index in [-0.39, 0.29) is 18.1 Å². The van der Waals surface area contributed by atoms with Crippen LogP contribution in [0.3, 0.4) is 0 Å². The number of furan rings is 1. The number of morpholine rings is 1. The van der Waals surface area contributed by atoms with E-state index in [0.717, 1.165) is 33.2 Å². The van der Waals surface area contributed by atoms with Gasteiger partial charge in [-0.3, -0.25) is 4.79 Å². The Morgan fingerprint density at radius 2 is 1.74 bits per heavy atom. The largest absolute Gasteiger partial charge is 0.496 e. The molecule has 0 radical (unpaired) electrons. The van der Waals surface area contributed by atoms with E-state index >= 15 is 0 Å². The lowest BCUT2D eigenvalue weighted by atomic mass is 9.96. The van der Waals surface area contributed by atoms with Gasteiger partial charge in [-0.25, -0.2) is 0 Å². The molecule has 0 saturated carbocycles. The van der Waals surface area contributed by atoms with Crippen LogP contribution in [-0.2, 0) is 9.53 Å². The molecule has 1 fully saturated rings. The highest BCUT2D eigenvalue weighted by Gasteiger charge is 2.25. The molecule has 1 aliphatic heterocycles. The summed E-state index contributed by atoms with van der Waals surface area (Å²) >= 11 is 0. The zero-order valence-electron chi connectivity index (χ0n) is 20.0. The fourth-order valence-electron chi connectivity index (χ4n) is 4.91. The molecule has 0 bridgehead atoms. The Labute approximate surface area is 199 Å². The average Bonchev–Trinajstić information content (AvgIpc) is 3.24. The molecular weight excluding hydrogens is 426 g/mol. The smallest absolute Gasteiger partial charge is 0.247 e. The number of allylic oxidation sites excluding steroid dienone is 1. The van der Waals surface area contributed by atoms with Gasteiger partial charge in [-0.1, -0.05) is 42.5 Å². The van der Waals surface area contributed by atoms with Crippen molar-refractivity contribution in [3.05, 3.63) is 72.5 Å². The van der Waals surface area contributed by atoms with Gasteiger partial charge in [-0.15, -0.1) is 0 Å². The summed E-state index contributed by atoms with van der Waals surface area (Å²) in [5, 5.41) is 3.34. The zero-order valence-corrected chi connectivity index (χ0v) is 20.0. The first kappa shape index (κ1) is 22.2. The van der Waals surface area contributed by atoms with Crippen LogP contribution in [0.15, 0.2) is 71.4 Å². The van der Waals surface area contributed by atoms with Crippen molar-refractivity contribution < 1.29 is 18.7 Å². The van der Waals surface area contributed by atoms with Gasteiger partial charge in [-0.05, 0) is 48.7 Å². The second-order valence-corrected chi connectivity index (χ2v) is 9.05.